The van der Waals surface area contributed by atoms with Gasteiger partial charge in [-0.1, -0.05) is 54.6 Å². The van der Waals surface area contributed by atoms with Crippen LogP contribution in [0.25, 0.3) is 0 Å². The van der Waals surface area contributed by atoms with Crippen molar-refractivity contribution in [3.05, 3.63) is 107 Å². The van der Waals surface area contributed by atoms with Gasteiger partial charge in [-0.05, 0) is 47.9 Å². The molecular formula is C31H32N2O6. The monoisotopic (exact) mass is 528 g/mol. The van der Waals surface area contributed by atoms with E-state index in [9.17, 15) is 4.79 Å². The minimum atomic E-state index is -0.947. The van der Waals surface area contributed by atoms with Crippen molar-refractivity contribution in [1.29, 1.82) is 0 Å². The Hall–Kier alpha value is -3.85. The Kier molecular flexibility index (Phi) is 6.76. The number of ether oxygens (including phenoxy) is 5. The molecule has 202 valence electrons. The third-order valence-corrected chi connectivity index (χ3v) is 7.68. The van der Waals surface area contributed by atoms with E-state index in [-0.39, 0.29) is 30.9 Å². The Labute approximate surface area is 228 Å². The average Bonchev–Trinajstić information content (AvgIpc) is 3.32. The van der Waals surface area contributed by atoms with E-state index in [0.717, 1.165) is 28.2 Å². The number of hydrogen-bond acceptors (Lipinski definition) is 7. The molecule has 8 heteroatoms. The van der Waals surface area contributed by atoms with Crippen LogP contribution >= 0.6 is 0 Å². The van der Waals surface area contributed by atoms with E-state index in [4.69, 9.17) is 23.7 Å². The molecule has 1 N–H and O–H groups in total. The standard InChI is InChI=1S/C31H32N2O6/c1-20-18-33-28-17-26(39-30(33)32-29(20)34)27(38-28)19-37-31(21-7-5-4-6-8-21,22-9-13-24(35-2)14-10-22)23-11-15-25(36-3)16-12-23/h4-16,18,26-28,30H,17,19H2,1-3H3,(H,32,34). The maximum absolute atomic E-state index is 12.2. The van der Waals surface area contributed by atoms with Gasteiger partial charge >= 0.3 is 0 Å². The van der Waals surface area contributed by atoms with Crippen LogP contribution in [0.5, 0.6) is 11.5 Å². The molecule has 0 saturated carbocycles. The molecule has 3 aromatic rings. The third kappa shape index (κ3) is 4.54. The molecule has 0 aliphatic carbocycles. The van der Waals surface area contributed by atoms with Crippen LogP contribution in [-0.4, -0.2) is 56.4 Å². The smallest absolute Gasteiger partial charge is 0.251 e. The zero-order valence-corrected chi connectivity index (χ0v) is 22.2. The van der Waals surface area contributed by atoms with Crippen LogP contribution in [0.1, 0.15) is 30.0 Å². The lowest BCUT2D eigenvalue weighted by Gasteiger charge is -2.41. The molecule has 2 fully saturated rings. The highest BCUT2D eigenvalue weighted by Gasteiger charge is 2.49. The first-order valence-electron chi connectivity index (χ1n) is 13.1. The first-order chi connectivity index (χ1) is 19.0. The molecule has 4 unspecified atom stereocenters. The summed E-state index contributed by atoms with van der Waals surface area (Å²) in [5.74, 6) is 1.39. The molecular weight excluding hydrogens is 496 g/mol. The van der Waals surface area contributed by atoms with Crippen molar-refractivity contribution in [2.75, 3.05) is 20.8 Å². The summed E-state index contributed by atoms with van der Waals surface area (Å²) in [6, 6.07) is 26.1. The predicted octanol–water partition coefficient (Wildman–Crippen LogP) is 4.15. The number of rotatable bonds is 8. The number of methoxy groups -OCH3 is 2. The minimum absolute atomic E-state index is 0.132. The molecule has 3 aromatic carbocycles. The summed E-state index contributed by atoms with van der Waals surface area (Å²) >= 11 is 0. The zero-order chi connectivity index (χ0) is 27.0. The van der Waals surface area contributed by atoms with Crippen LogP contribution in [0.2, 0.25) is 0 Å². The molecule has 3 aliphatic rings. The third-order valence-electron chi connectivity index (χ3n) is 7.68. The summed E-state index contributed by atoms with van der Waals surface area (Å²) in [6.45, 7) is 2.05. The number of benzene rings is 3. The van der Waals surface area contributed by atoms with Gasteiger partial charge in [-0.3, -0.25) is 4.79 Å². The van der Waals surface area contributed by atoms with Crippen LogP contribution in [-0.2, 0) is 24.6 Å². The average molecular weight is 529 g/mol. The van der Waals surface area contributed by atoms with E-state index < -0.39 is 12.0 Å². The topological polar surface area (TPSA) is 78.5 Å². The van der Waals surface area contributed by atoms with E-state index in [1.54, 1.807) is 21.1 Å². The number of nitrogens with zero attached hydrogens (tertiary/aromatic N) is 1. The predicted molar refractivity (Wildman–Crippen MR) is 144 cm³/mol. The molecule has 0 spiro atoms. The molecule has 0 aromatic heterocycles. The fraction of sp³-hybridized carbons (Fsp3) is 0.323. The Bertz CT molecular complexity index is 1290. The number of amides is 1. The maximum atomic E-state index is 12.2. The van der Waals surface area contributed by atoms with E-state index in [1.807, 2.05) is 77.8 Å². The highest BCUT2D eigenvalue weighted by molar-refractivity contribution is 5.93. The molecule has 2 bridgehead atoms. The second-order valence-electron chi connectivity index (χ2n) is 9.94. The van der Waals surface area contributed by atoms with Gasteiger partial charge in [-0.15, -0.1) is 0 Å². The SMILES string of the molecule is COc1ccc(C(OCC2OC3CC2OC2NC(=O)C(C)=CN32)(c2ccccc2)c2ccc(OC)cc2)cc1. The van der Waals surface area contributed by atoms with Gasteiger partial charge in [0, 0.05) is 18.2 Å². The molecule has 8 nitrogen and oxygen atoms in total. The number of carbonyl (C=O) groups is 1. The van der Waals surface area contributed by atoms with Crippen LogP contribution < -0.4 is 14.8 Å². The lowest BCUT2D eigenvalue weighted by atomic mass is 9.80. The molecule has 0 radical (unpaired) electrons. The van der Waals surface area contributed by atoms with Gasteiger partial charge in [0.15, 0.2) is 0 Å². The molecule has 4 atom stereocenters. The Morgan fingerprint density at radius 1 is 0.872 bits per heavy atom. The molecule has 3 heterocycles. The van der Waals surface area contributed by atoms with Crippen LogP contribution in [0.15, 0.2) is 90.6 Å². The fourth-order valence-corrected chi connectivity index (χ4v) is 5.61. The van der Waals surface area contributed by atoms with Crippen LogP contribution in [0.3, 0.4) is 0 Å². The normalized spacial score (nSPS) is 24.0. The first-order valence-corrected chi connectivity index (χ1v) is 13.1. The lowest BCUT2D eigenvalue weighted by molar-refractivity contribution is -0.163. The van der Waals surface area contributed by atoms with Gasteiger partial charge in [-0.25, -0.2) is 0 Å². The summed E-state index contributed by atoms with van der Waals surface area (Å²) in [4.78, 5) is 14.1. The largest absolute Gasteiger partial charge is 0.497 e. The summed E-state index contributed by atoms with van der Waals surface area (Å²) in [5.41, 5.74) is 2.55. The highest BCUT2D eigenvalue weighted by Crippen LogP contribution is 2.43. The van der Waals surface area contributed by atoms with Crippen molar-refractivity contribution >= 4 is 5.91 Å². The number of fused-ring (bicyclic) bond motifs is 4. The van der Waals surface area contributed by atoms with E-state index in [0.29, 0.717) is 12.0 Å². The molecule has 3 aliphatic heterocycles. The van der Waals surface area contributed by atoms with Crippen molar-refractivity contribution in [2.45, 2.75) is 43.7 Å². The second-order valence-corrected chi connectivity index (χ2v) is 9.94. The molecule has 6 rings (SSSR count). The van der Waals surface area contributed by atoms with Crippen molar-refractivity contribution in [3.8, 4) is 11.5 Å². The van der Waals surface area contributed by atoms with Gasteiger partial charge in [0.1, 0.15) is 29.4 Å². The van der Waals surface area contributed by atoms with Gasteiger partial charge in [0.25, 0.3) is 5.91 Å². The summed E-state index contributed by atoms with van der Waals surface area (Å²) in [6.07, 6.45) is 1.21. The van der Waals surface area contributed by atoms with Crippen LogP contribution in [0.4, 0.5) is 0 Å². The quantitative estimate of drug-likeness (QED) is 0.440. The van der Waals surface area contributed by atoms with Crippen molar-refractivity contribution in [1.82, 2.24) is 10.2 Å². The number of nitrogens with one attached hydrogen (secondary N) is 1. The van der Waals surface area contributed by atoms with Crippen molar-refractivity contribution < 1.29 is 28.5 Å². The first kappa shape index (κ1) is 25.4. The second kappa shape index (κ2) is 10.4. The van der Waals surface area contributed by atoms with E-state index in [2.05, 4.69) is 17.4 Å². The Balaban J connectivity index is 1.37. The Morgan fingerprint density at radius 3 is 2.05 bits per heavy atom. The molecule has 39 heavy (non-hydrogen) atoms. The number of carbonyl (C=O) groups excluding carboxylic acids is 1. The highest BCUT2D eigenvalue weighted by atomic mass is 16.6. The van der Waals surface area contributed by atoms with E-state index >= 15 is 0 Å². The summed E-state index contributed by atoms with van der Waals surface area (Å²) in [5, 5.41) is 2.91. The van der Waals surface area contributed by atoms with Gasteiger partial charge in [-0.2, -0.15) is 0 Å². The van der Waals surface area contributed by atoms with Crippen molar-refractivity contribution in [3.63, 3.8) is 0 Å². The maximum Gasteiger partial charge on any atom is 0.251 e. The fourth-order valence-electron chi connectivity index (χ4n) is 5.61. The van der Waals surface area contributed by atoms with Gasteiger partial charge in [0.2, 0.25) is 6.35 Å². The summed E-state index contributed by atoms with van der Waals surface area (Å²) < 4.78 is 30.6. The summed E-state index contributed by atoms with van der Waals surface area (Å²) in [7, 11) is 3.31. The van der Waals surface area contributed by atoms with Gasteiger partial charge < -0.3 is 33.9 Å². The van der Waals surface area contributed by atoms with Gasteiger partial charge in [0.05, 0.1) is 26.9 Å². The van der Waals surface area contributed by atoms with Crippen LogP contribution in [0, 0.1) is 0 Å². The zero-order valence-electron chi connectivity index (χ0n) is 22.2. The van der Waals surface area contributed by atoms with E-state index in [1.165, 1.54) is 0 Å². The molecule has 1 amide bonds. The minimum Gasteiger partial charge on any atom is -0.497 e. The lowest BCUT2D eigenvalue weighted by Crippen LogP contribution is -2.58. The number of hydrogen-bond donors (Lipinski definition) is 1. The Morgan fingerprint density at radius 2 is 1.46 bits per heavy atom. The molecule has 2 saturated heterocycles. The van der Waals surface area contributed by atoms with Crippen molar-refractivity contribution in [2.24, 2.45) is 0 Å².